The highest BCUT2D eigenvalue weighted by molar-refractivity contribution is 6.42. The van der Waals surface area contributed by atoms with E-state index in [0.717, 1.165) is 36.6 Å². The molecule has 1 saturated carbocycles. The quantitative estimate of drug-likeness (QED) is 0.790. The number of halogens is 2. The number of benzene rings is 1. The SMILES string of the molecule is Clc1ccc(O[C@@H]2C[C@H]3CC[C@@H](C2)N3CC2CC2)cc1Cl. The number of ether oxygens (including phenoxy) is 1. The third-order valence-corrected chi connectivity index (χ3v) is 5.94. The lowest BCUT2D eigenvalue weighted by Gasteiger charge is -2.39. The number of piperidine rings is 1. The first-order valence-electron chi connectivity index (χ1n) is 8.06. The molecule has 3 fully saturated rings. The molecule has 21 heavy (non-hydrogen) atoms. The van der Waals surface area contributed by atoms with Gasteiger partial charge in [-0.2, -0.15) is 0 Å². The van der Waals surface area contributed by atoms with Crippen molar-refractivity contribution in [3.05, 3.63) is 28.2 Å². The molecule has 1 aromatic rings. The van der Waals surface area contributed by atoms with Crippen LogP contribution in [0.3, 0.4) is 0 Å². The molecule has 2 bridgehead atoms. The zero-order valence-corrected chi connectivity index (χ0v) is 13.6. The minimum Gasteiger partial charge on any atom is -0.490 e. The average Bonchev–Trinajstić information content (AvgIpc) is 3.22. The predicted octanol–water partition coefficient (Wildman–Crippen LogP) is 4.78. The zero-order valence-electron chi connectivity index (χ0n) is 12.1. The zero-order chi connectivity index (χ0) is 14.4. The van der Waals surface area contributed by atoms with Crippen LogP contribution in [0.1, 0.15) is 38.5 Å². The van der Waals surface area contributed by atoms with Crippen molar-refractivity contribution in [1.29, 1.82) is 0 Å². The second kappa shape index (κ2) is 5.64. The smallest absolute Gasteiger partial charge is 0.121 e. The summed E-state index contributed by atoms with van der Waals surface area (Å²) >= 11 is 12.0. The van der Waals surface area contributed by atoms with Crippen LogP contribution < -0.4 is 4.74 Å². The Morgan fingerprint density at radius 3 is 2.33 bits per heavy atom. The van der Waals surface area contributed by atoms with Gasteiger partial charge in [-0.25, -0.2) is 0 Å². The third kappa shape index (κ3) is 3.04. The molecule has 2 saturated heterocycles. The first-order chi connectivity index (χ1) is 10.2. The van der Waals surface area contributed by atoms with Crippen LogP contribution in [-0.4, -0.2) is 29.6 Å². The Balaban J connectivity index is 1.40. The van der Waals surface area contributed by atoms with E-state index in [2.05, 4.69) is 4.90 Å². The van der Waals surface area contributed by atoms with E-state index in [4.69, 9.17) is 27.9 Å². The first kappa shape index (κ1) is 14.2. The van der Waals surface area contributed by atoms with Gasteiger partial charge in [-0.15, -0.1) is 0 Å². The summed E-state index contributed by atoms with van der Waals surface area (Å²) < 4.78 is 6.17. The highest BCUT2D eigenvalue weighted by Crippen LogP contribution is 2.41. The largest absolute Gasteiger partial charge is 0.490 e. The van der Waals surface area contributed by atoms with E-state index in [1.807, 2.05) is 18.2 Å². The standard InChI is InChI=1S/C17H21Cl2NO/c18-16-6-5-14(9-17(16)19)21-15-7-12-3-4-13(8-15)20(12)10-11-1-2-11/h5-6,9,11-13,15H,1-4,7-8,10H2/t12-,13+,15-. The summed E-state index contributed by atoms with van der Waals surface area (Å²) in [5, 5.41) is 1.16. The summed E-state index contributed by atoms with van der Waals surface area (Å²) in [5.74, 6) is 1.84. The maximum Gasteiger partial charge on any atom is 0.121 e. The Bertz CT molecular complexity index is 518. The van der Waals surface area contributed by atoms with Crippen molar-refractivity contribution >= 4 is 23.2 Å². The molecular weight excluding hydrogens is 305 g/mol. The molecular formula is C17H21Cl2NO. The van der Waals surface area contributed by atoms with E-state index in [9.17, 15) is 0 Å². The van der Waals surface area contributed by atoms with E-state index >= 15 is 0 Å². The minimum absolute atomic E-state index is 0.329. The van der Waals surface area contributed by atoms with Gasteiger partial charge < -0.3 is 4.74 Å². The maximum atomic E-state index is 6.17. The van der Waals surface area contributed by atoms with Crippen LogP contribution in [0.15, 0.2) is 18.2 Å². The van der Waals surface area contributed by atoms with Gasteiger partial charge in [0.2, 0.25) is 0 Å². The number of nitrogens with zero attached hydrogens (tertiary/aromatic N) is 1. The van der Waals surface area contributed by atoms with Crippen molar-refractivity contribution in [3.8, 4) is 5.75 Å². The van der Waals surface area contributed by atoms with Crippen molar-refractivity contribution in [2.75, 3.05) is 6.54 Å². The van der Waals surface area contributed by atoms with Crippen molar-refractivity contribution in [1.82, 2.24) is 4.90 Å². The van der Waals surface area contributed by atoms with Crippen LogP contribution in [0.2, 0.25) is 10.0 Å². The molecule has 0 unspecified atom stereocenters. The molecule has 114 valence electrons. The number of rotatable bonds is 4. The lowest BCUT2D eigenvalue weighted by molar-refractivity contribution is 0.0466. The summed E-state index contributed by atoms with van der Waals surface area (Å²) in [7, 11) is 0. The van der Waals surface area contributed by atoms with Gasteiger partial charge in [0, 0.05) is 24.7 Å². The first-order valence-corrected chi connectivity index (χ1v) is 8.82. The monoisotopic (exact) mass is 325 g/mol. The highest BCUT2D eigenvalue weighted by Gasteiger charge is 2.43. The van der Waals surface area contributed by atoms with Crippen LogP contribution in [0.4, 0.5) is 0 Å². The molecule has 2 heterocycles. The van der Waals surface area contributed by atoms with Crippen LogP contribution in [-0.2, 0) is 0 Å². The second-order valence-corrected chi connectivity index (χ2v) is 7.63. The van der Waals surface area contributed by atoms with Gasteiger partial charge in [-0.3, -0.25) is 4.90 Å². The van der Waals surface area contributed by atoms with Gasteiger partial charge in [0.1, 0.15) is 11.9 Å². The molecule has 4 rings (SSSR count). The molecule has 0 radical (unpaired) electrons. The van der Waals surface area contributed by atoms with Gasteiger partial charge >= 0.3 is 0 Å². The lowest BCUT2D eigenvalue weighted by Crippen LogP contribution is -2.47. The van der Waals surface area contributed by atoms with Gasteiger partial charge in [0.05, 0.1) is 10.0 Å². The predicted molar refractivity (Wildman–Crippen MR) is 86.4 cm³/mol. The van der Waals surface area contributed by atoms with Gasteiger partial charge in [-0.1, -0.05) is 23.2 Å². The van der Waals surface area contributed by atoms with E-state index in [1.54, 1.807) is 0 Å². The molecule has 0 N–H and O–H groups in total. The van der Waals surface area contributed by atoms with E-state index < -0.39 is 0 Å². The lowest BCUT2D eigenvalue weighted by atomic mass is 9.99. The summed E-state index contributed by atoms with van der Waals surface area (Å²) in [6, 6.07) is 7.04. The van der Waals surface area contributed by atoms with Crippen molar-refractivity contribution in [2.45, 2.75) is 56.7 Å². The van der Waals surface area contributed by atoms with E-state index in [0.29, 0.717) is 16.1 Å². The summed E-state index contributed by atoms with van der Waals surface area (Å²) in [6.45, 7) is 1.33. The summed E-state index contributed by atoms with van der Waals surface area (Å²) in [4.78, 5) is 2.77. The number of hydrogen-bond donors (Lipinski definition) is 0. The molecule has 0 amide bonds. The molecule has 3 atom stereocenters. The third-order valence-electron chi connectivity index (χ3n) is 5.20. The summed E-state index contributed by atoms with van der Waals surface area (Å²) in [6.07, 6.45) is 8.22. The van der Waals surface area contributed by atoms with Crippen molar-refractivity contribution in [2.24, 2.45) is 5.92 Å². The second-order valence-electron chi connectivity index (χ2n) is 6.81. The van der Waals surface area contributed by atoms with Crippen LogP contribution in [0, 0.1) is 5.92 Å². The fraction of sp³-hybridized carbons (Fsp3) is 0.647. The Morgan fingerprint density at radius 2 is 1.71 bits per heavy atom. The molecule has 2 nitrogen and oxygen atoms in total. The Morgan fingerprint density at radius 1 is 1.00 bits per heavy atom. The molecule has 2 aliphatic heterocycles. The van der Waals surface area contributed by atoms with Crippen LogP contribution in [0.25, 0.3) is 0 Å². The summed E-state index contributed by atoms with van der Waals surface area (Å²) in [5.41, 5.74) is 0. The Kier molecular flexibility index (Phi) is 3.81. The Hall–Kier alpha value is -0.440. The van der Waals surface area contributed by atoms with E-state index in [-0.39, 0.29) is 0 Å². The van der Waals surface area contributed by atoms with Crippen LogP contribution >= 0.6 is 23.2 Å². The molecule has 1 aromatic carbocycles. The fourth-order valence-electron chi connectivity index (χ4n) is 3.96. The fourth-order valence-corrected chi connectivity index (χ4v) is 4.25. The normalized spacial score (nSPS) is 32.4. The average molecular weight is 326 g/mol. The molecule has 3 aliphatic rings. The Labute approximate surface area is 136 Å². The van der Waals surface area contributed by atoms with E-state index in [1.165, 1.54) is 32.2 Å². The van der Waals surface area contributed by atoms with Crippen molar-refractivity contribution < 1.29 is 4.74 Å². The number of hydrogen-bond acceptors (Lipinski definition) is 2. The topological polar surface area (TPSA) is 12.5 Å². The molecule has 1 aliphatic carbocycles. The van der Waals surface area contributed by atoms with Crippen LogP contribution in [0.5, 0.6) is 5.75 Å². The van der Waals surface area contributed by atoms with Gasteiger partial charge in [-0.05, 0) is 56.6 Å². The van der Waals surface area contributed by atoms with Crippen molar-refractivity contribution in [3.63, 3.8) is 0 Å². The number of fused-ring (bicyclic) bond motifs is 2. The van der Waals surface area contributed by atoms with Gasteiger partial charge in [0.15, 0.2) is 0 Å². The van der Waals surface area contributed by atoms with Gasteiger partial charge in [0.25, 0.3) is 0 Å². The molecule has 0 aromatic heterocycles. The minimum atomic E-state index is 0.329. The molecule has 0 spiro atoms. The molecule has 4 heteroatoms. The highest BCUT2D eigenvalue weighted by atomic mass is 35.5. The maximum absolute atomic E-state index is 6.17.